The third-order valence-electron chi connectivity index (χ3n) is 6.04. The summed E-state index contributed by atoms with van der Waals surface area (Å²) in [6.07, 6.45) is 3.31. The summed E-state index contributed by atoms with van der Waals surface area (Å²) in [6, 6.07) is 13.4. The second-order valence-electron chi connectivity index (χ2n) is 8.35. The molecule has 0 bridgehead atoms. The maximum absolute atomic E-state index is 12.9. The highest BCUT2D eigenvalue weighted by Crippen LogP contribution is 2.35. The number of fused-ring (bicyclic) bond motifs is 1. The first-order valence-electron chi connectivity index (χ1n) is 11.3. The van der Waals surface area contributed by atoms with E-state index in [1.165, 1.54) is 5.56 Å². The van der Waals surface area contributed by atoms with Gasteiger partial charge in [-0.3, -0.25) is 19.3 Å². The standard InChI is InChI=1S/C26H28N2O5S/c1-4-17(2)33-21-10-9-18(13-22(21)32-3)14-23-25(30)28(26(31)34-23)16-24(29)27-12-11-19-7-5-6-8-20(19)15-27/h5-10,13-14,17H,4,11-12,15-16H2,1-3H3/b23-14-/t17-/m0/s1. The molecule has 2 aliphatic rings. The smallest absolute Gasteiger partial charge is 0.294 e. The van der Waals surface area contributed by atoms with Gasteiger partial charge in [0.1, 0.15) is 6.54 Å². The van der Waals surface area contributed by atoms with E-state index in [9.17, 15) is 14.4 Å². The molecule has 1 atom stereocenters. The lowest BCUT2D eigenvalue weighted by atomic mass is 10.00. The zero-order valence-electron chi connectivity index (χ0n) is 19.6. The second-order valence-corrected chi connectivity index (χ2v) is 9.34. The van der Waals surface area contributed by atoms with E-state index in [0.717, 1.165) is 35.1 Å². The fourth-order valence-corrected chi connectivity index (χ4v) is 4.74. The lowest BCUT2D eigenvalue weighted by Crippen LogP contribution is -2.44. The van der Waals surface area contributed by atoms with Crippen molar-refractivity contribution in [3.05, 3.63) is 64.1 Å². The van der Waals surface area contributed by atoms with E-state index < -0.39 is 11.1 Å². The molecule has 7 nitrogen and oxygen atoms in total. The molecule has 2 aromatic carbocycles. The van der Waals surface area contributed by atoms with Crippen LogP contribution in [-0.2, 0) is 22.6 Å². The van der Waals surface area contributed by atoms with Crippen LogP contribution in [0.15, 0.2) is 47.4 Å². The van der Waals surface area contributed by atoms with Gasteiger partial charge in [-0.15, -0.1) is 0 Å². The van der Waals surface area contributed by atoms with Crippen LogP contribution in [0.4, 0.5) is 4.79 Å². The number of hydrogen-bond acceptors (Lipinski definition) is 6. The van der Waals surface area contributed by atoms with Crippen LogP contribution in [0.2, 0.25) is 0 Å². The van der Waals surface area contributed by atoms with Gasteiger partial charge in [-0.2, -0.15) is 0 Å². The molecule has 0 spiro atoms. The van der Waals surface area contributed by atoms with E-state index in [-0.39, 0.29) is 23.5 Å². The Bertz CT molecular complexity index is 1150. The highest BCUT2D eigenvalue weighted by molar-refractivity contribution is 8.18. The van der Waals surface area contributed by atoms with Crippen LogP contribution in [0.25, 0.3) is 6.08 Å². The van der Waals surface area contributed by atoms with Crippen LogP contribution >= 0.6 is 11.8 Å². The SMILES string of the molecule is CC[C@H](C)Oc1ccc(/C=C2\SC(=O)N(CC(=O)N3CCc4ccccc4C3)C2=O)cc1OC. The first-order chi connectivity index (χ1) is 16.4. The summed E-state index contributed by atoms with van der Waals surface area (Å²) >= 11 is 0.842. The van der Waals surface area contributed by atoms with Crippen molar-refractivity contribution >= 4 is 34.9 Å². The molecule has 1 saturated heterocycles. The zero-order valence-corrected chi connectivity index (χ0v) is 20.4. The number of hydrogen-bond donors (Lipinski definition) is 0. The average Bonchev–Trinajstić information content (AvgIpc) is 3.11. The van der Waals surface area contributed by atoms with Crippen molar-refractivity contribution in [3.8, 4) is 11.5 Å². The molecule has 0 radical (unpaired) electrons. The molecule has 3 amide bonds. The summed E-state index contributed by atoms with van der Waals surface area (Å²) in [7, 11) is 1.56. The Morgan fingerprint density at radius 1 is 1.15 bits per heavy atom. The summed E-state index contributed by atoms with van der Waals surface area (Å²) < 4.78 is 11.3. The number of amides is 3. The largest absolute Gasteiger partial charge is 0.493 e. The quantitative estimate of drug-likeness (QED) is 0.544. The molecule has 0 aliphatic carbocycles. The molecule has 0 unspecified atom stereocenters. The lowest BCUT2D eigenvalue weighted by Gasteiger charge is -2.29. The molecule has 8 heteroatoms. The zero-order chi connectivity index (χ0) is 24.2. The molecular weight excluding hydrogens is 452 g/mol. The molecule has 2 aromatic rings. The summed E-state index contributed by atoms with van der Waals surface area (Å²) in [5.41, 5.74) is 3.04. The molecule has 0 aromatic heterocycles. The average molecular weight is 481 g/mol. The fraction of sp³-hybridized carbons (Fsp3) is 0.346. The Morgan fingerprint density at radius 2 is 1.91 bits per heavy atom. The molecule has 178 valence electrons. The van der Waals surface area contributed by atoms with E-state index >= 15 is 0 Å². The summed E-state index contributed by atoms with van der Waals surface area (Å²) in [5, 5.41) is -0.439. The molecule has 2 heterocycles. The van der Waals surface area contributed by atoms with Gasteiger partial charge in [-0.05, 0) is 66.4 Å². The number of imide groups is 1. The molecule has 0 N–H and O–H groups in total. The number of methoxy groups -OCH3 is 1. The Hall–Kier alpha value is -3.26. The van der Waals surface area contributed by atoms with Gasteiger partial charge < -0.3 is 14.4 Å². The van der Waals surface area contributed by atoms with Crippen molar-refractivity contribution in [1.82, 2.24) is 9.80 Å². The topological polar surface area (TPSA) is 76.2 Å². The predicted octanol–water partition coefficient (Wildman–Crippen LogP) is 4.49. The van der Waals surface area contributed by atoms with E-state index in [0.29, 0.717) is 30.2 Å². The van der Waals surface area contributed by atoms with Gasteiger partial charge >= 0.3 is 0 Å². The molecule has 0 saturated carbocycles. The van der Waals surface area contributed by atoms with Crippen molar-refractivity contribution in [2.24, 2.45) is 0 Å². The van der Waals surface area contributed by atoms with E-state index in [2.05, 4.69) is 6.07 Å². The van der Waals surface area contributed by atoms with Crippen molar-refractivity contribution < 1.29 is 23.9 Å². The molecule has 4 rings (SSSR count). The van der Waals surface area contributed by atoms with Crippen molar-refractivity contribution in [1.29, 1.82) is 0 Å². The van der Waals surface area contributed by atoms with Gasteiger partial charge in [0, 0.05) is 13.1 Å². The predicted molar refractivity (Wildman–Crippen MR) is 132 cm³/mol. The Balaban J connectivity index is 1.45. The van der Waals surface area contributed by atoms with Crippen molar-refractivity contribution in [2.45, 2.75) is 39.3 Å². The first-order valence-corrected chi connectivity index (χ1v) is 12.2. The van der Waals surface area contributed by atoms with E-state index in [4.69, 9.17) is 9.47 Å². The maximum Gasteiger partial charge on any atom is 0.294 e. The Kier molecular flexibility index (Phi) is 7.26. The Labute approximate surface area is 203 Å². The van der Waals surface area contributed by atoms with Crippen LogP contribution in [0, 0.1) is 0 Å². The van der Waals surface area contributed by atoms with Crippen LogP contribution < -0.4 is 9.47 Å². The lowest BCUT2D eigenvalue weighted by molar-refractivity contribution is -0.136. The van der Waals surface area contributed by atoms with Gasteiger partial charge in [-0.1, -0.05) is 37.3 Å². The maximum atomic E-state index is 12.9. The van der Waals surface area contributed by atoms with Crippen molar-refractivity contribution in [2.75, 3.05) is 20.2 Å². The summed E-state index contributed by atoms with van der Waals surface area (Å²) in [4.78, 5) is 41.4. The molecule has 34 heavy (non-hydrogen) atoms. The number of carbonyl (C=O) groups excluding carboxylic acids is 3. The normalized spacial score (nSPS) is 17.7. The van der Waals surface area contributed by atoms with Crippen LogP contribution in [0.5, 0.6) is 11.5 Å². The van der Waals surface area contributed by atoms with Gasteiger partial charge in [0.2, 0.25) is 5.91 Å². The highest BCUT2D eigenvalue weighted by Gasteiger charge is 2.37. The minimum atomic E-state index is -0.459. The van der Waals surface area contributed by atoms with Gasteiger partial charge in [0.25, 0.3) is 11.1 Å². The van der Waals surface area contributed by atoms with Crippen LogP contribution in [0.1, 0.15) is 37.0 Å². The third kappa shape index (κ3) is 5.12. The second kappa shape index (κ2) is 10.3. The van der Waals surface area contributed by atoms with Crippen LogP contribution in [0.3, 0.4) is 0 Å². The monoisotopic (exact) mass is 480 g/mol. The van der Waals surface area contributed by atoms with Crippen molar-refractivity contribution in [3.63, 3.8) is 0 Å². The van der Waals surface area contributed by atoms with Gasteiger partial charge in [0.05, 0.1) is 18.1 Å². The number of thioether (sulfide) groups is 1. The number of benzene rings is 2. The molecule has 2 aliphatic heterocycles. The summed E-state index contributed by atoms with van der Waals surface area (Å²) in [6.45, 7) is 4.83. The molecular formula is C26H28N2O5S. The number of nitrogens with zero attached hydrogens (tertiary/aromatic N) is 2. The van der Waals surface area contributed by atoms with Gasteiger partial charge in [0.15, 0.2) is 11.5 Å². The van der Waals surface area contributed by atoms with E-state index in [1.54, 1.807) is 30.2 Å². The number of ether oxygens (including phenoxy) is 2. The Morgan fingerprint density at radius 3 is 2.65 bits per heavy atom. The number of rotatable bonds is 7. The fourth-order valence-electron chi connectivity index (χ4n) is 3.90. The third-order valence-corrected chi connectivity index (χ3v) is 6.95. The van der Waals surface area contributed by atoms with Gasteiger partial charge in [-0.25, -0.2) is 0 Å². The minimum Gasteiger partial charge on any atom is -0.493 e. The van der Waals surface area contributed by atoms with Crippen LogP contribution in [-0.4, -0.2) is 53.2 Å². The van der Waals surface area contributed by atoms with E-state index in [1.807, 2.05) is 38.1 Å². The summed E-state index contributed by atoms with van der Waals surface area (Å²) in [5.74, 6) is 0.482. The highest BCUT2D eigenvalue weighted by atomic mass is 32.2. The minimum absolute atomic E-state index is 0.0437. The first kappa shape index (κ1) is 23.9. The molecule has 1 fully saturated rings. The number of carbonyl (C=O) groups is 3.